The summed E-state index contributed by atoms with van der Waals surface area (Å²) < 4.78 is 17.5. The zero-order chi connectivity index (χ0) is 22.0. The van der Waals surface area contributed by atoms with Crippen molar-refractivity contribution in [3.05, 3.63) is 47.2 Å². The molecule has 1 aromatic rings. The topological polar surface area (TPSA) is 73.9 Å². The molecule has 0 aliphatic carbocycles. The number of cyclic esters (lactones) is 1. The molecule has 0 radical (unpaired) electrons. The maximum Gasteiger partial charge on any atom is 0.412 e. The summed E-state index contributed by atoms with van der Waals surface area (Å²) in [6, 6.07) is 9.34. The predicted molar refractivity (Wildman–Crippen MR) is 115 cm³/mol. The van der Waals surface area contributed by atoms with Crippen LogP contribution in [-0.2, 0) is 18.7 Å². The summed E-state index contributed by atoms with van der Waals surface area (Å²) in [4.78, 5) is 25.1. The number of alkyl carbamates (subject to hydrolysis) is 1. The fourth-order valence-corrected chi connectivity index (χ4v) is 3.50. The van der Waals surface area contributed by atoms with Gasteiger partial charge in [-0.25, -0.2) is 9.59 Å². The average Bonchev–Trinajstić information content (AvgIpc) is 2.58. The standard InChI is InChI=1S/C22H33NO5Si/c1-21(2,3)28-19(24)17-16(14-26-29(7,8)22(4,5)6)18(27-20(25)23-17)15-12-10-9-11-13-15/h9-13,18H,14H2,1-8H3,(H,23,25). The third kappa shape index (κ3) is 5.93. The lowest BCUT2D eigenvalue weighted by molar-refractivity contribution is -0.150. The maximum atomic E-state index is 12.9. The lowest BCUT2D eigenvalue weighted by Crippen LogP contribution is -2.44. The molecule has 2 rings (SSSR count). The molecule has 6 nitrogen and oxygen atoms in total. The van der Waals surface area contributed by atoms with E-state index >= 15 is 0 Å². The molecule has 1 atom stereocenters. The van der Waals surface area contributed by atoms with E-state index < -0.39 is 32.1 Å². The van der Waals surface area contributed by atoms with Gasteiger partial charge in [-0.1, -0.05) is 51.1 Å². The molecule has 1 heterocycles. The second-order valence-corrected chi connectivity index (χ2v) is 14.6. The van der Waals surface area contributed by atoms with Crippen molar-refractivity contribution >= 4 is 20.4 Å². The molecule has 0 bridgehead atoms. The normalized spacial score (nSPS) is 18.2. The number of hydrogen-bond acceptors (Lipinski definition) is 5. The summed E-state index contributed by atoms with van der Waals surface area (Å²) in [7, 11) is -2.10. The van der Waals surface area contributed by atoms with Crippen molar-refractivity contribution in [2.45, 2.75) is 71.4 Å². The van der Waals surface area contributed by atoms with Crippen molar-refractivity contribution in [3.63, 3.8) is 0 Å². The number of ether oxygens (including phenoxy) is 2. The largest absolute Gasteiger partial charge is 0.455 e. The van der Waals surface area contributed by atoms with Gasteiger partial charge in [-0.15, -0.1) is 0 Å². The van der Waals surface area contributed by atoms with E-state index in [2.05, 4.69) is 39.2 Å². The third-order valence-electron chi connectivity index (χ3n) is 5.19. The lowest BCUT2D eigenvalue weighted by atomic mass is 9.99. The number of carbonyl (C=O) groups excluding carboxylic acids is 2. The Balaban J connectivity index is 2.48. The summed E-state index contributed by atoms with van der Waals surface area (Å²) in [6.45, 7) is 16.3. The monoisotopic (exact) mass is 419 g/mol. The van der Waals surface area contributed by atoms with Gasteiger partial charge in [0.1, 0.15) is 11.3 Å². The Morgan fingerprint density at radius 2 is 1.69 bits per heavy atom. The van der Waals surface area contributed by atoms with Crippen molar-refractivity contribution in [2.24, 2.45) is 0 Å². The van der Waals surface area contributed by atoms with Crippen molar-refractivity contribution in [3.8, 4) is 0 Å². The van der Waals surface area contributed by atoms with Gasteiger partial charge < -0.3 is 13.9 Å². The molecule has 1 N–H and O–H groups in total. The third-order valence-corrected chi connectivity index (χ3v) is 9.67. The fraction of sp³-hybridized carbons (Fsp3) is 0.545. The first-order valence-corrected chi connectivity index (χ1v) is 12.7. The first-order valence-electron chi connectivity index (χ1n) is 9.84. The van der Waals surface area contributed by atoms with Crippen LogP contribution in [0.1, 0.15) is 53.2 Å². The molecule has 0 fully saturated rings. The zero-order valence-electron chi connectivity index (χ0n) is 18.7. The highest BCUT2D eigenvalue weighted by Crippen LogP contribution is 2.39. The van der Waals surface area contributed by atoms with Gasteiger partial charge >= 0.3 is 12.1 Å². The van der Waals surface area contributed by atoms with Crippen molar-refractivity contribution < 1.29 is 23.5 Å². The van der Waals surface area contributed by atoms with Crippen LogP contribution in [0.2, 0.25) is 18.1 Å². The molecular weight excluding hydrogens is 386 g/mol. The lowest BCUT2D eigenvalue weighted by Gasteiger charge is -2.38. The van der Waals surface area contributed by atoms with Crippen LogP contribution < -0.4 is 5.32 Å². The van der Waals surface area contributed by atoms with E-state index in [0.717, 1.165) is 5.56 Å². The first kappa shape index (κ1) is 23.2. The van der Waals surface area contributed by atoms with Crippen molar-refractivity contribution in [2.75, 3.05) is 6.61 Å². The Labute approximate surface area is 174 Å². The molecule has 0 aromatic heterocycles. The highest BCUT2D eigenvalue weighted by atomic mass is 28.4. The summed E-state index contributed by atoms with van der Waals surface area (Å²) in [5.41, 5.74) is 0.747. The zero-order valence-corrected chi connectivity index (χ0v) is 19.7. The van der Waals surface area contributed by atoms with Crippen LogP contribution in [0.5, 0.6) is 0 Å². The molecular formula is C22H33NO5Si. The number of benzene rings is 1. The average molecular weight is 420 g/mol. The highest BCUT2D eigenvalue weighted by Gasteiger charge is 2.40. The Morgan fingerprint density at radius 1 is 1.10 bits per heavy atom. The van der Waals surface area contributed by atoms with E-state index in [1.54, 1.807) is 20.8 Å². The molecule has 1 aromatic carbocycles. The summed E-state index contributed by atoms with van der Waals surface area (Å²) in [6.07, 6.45) is -1.40. The van der Waals surface area contributed by atoms with Crippen molar-refractivity contribution in [1.29, 1.82) is 0 Å². The molecule has 0 saturated carbocycles. The van der Waals surface area contributed by atoms with E-state index in [1.165, 1.54) is 0 Å². The SMILES string of the molecule is CC(C)(C)OC(=O)C1=C(CO[Si](C)(C)C(C)(C)C)C(c2ccccc2)OC(=O)N1. The van der Waals surface area contributed by atoms with Crippen molar-refractivity contribution in [1.82, 2.24) is 5.32 Å². The minimum absolute atomic E-state index is 0.000652. The van der Waals surface area contributed by atoms with Gasteiger partial charge in [0.2, 0.25) is 0 Å². The molecule has 1 unspecified atom stereocenters. The Morgan fingerprint density at radius 3 is 2.21 bits per heavy atom. The highest BCUT2D eigenvalue weighted by molar-refractivity contribution is 6.74. The van der Waals surface area contributed by atoms with Crippen LogP contribution in [-0.4, -0.2) is 32.6 Å². The molecule has 1 aliphatic heterocycles. The van der Waals surface area contributed by atoms with E-state index in [9.17, 15) is 9.59 Å². The first-order chi connectivity index (χ1) is 13.2. The molecule has 7 heteroatoms. The van der Waals surface area contributed by atoms with Gasteiger partial charge in [0, 0.05) is 5.57 Å². The second-order valence-electron chi connectivity index (χ2n) is 9.77. The van der Waals surface area contributed by atoms with Gasteiger partial charge in [0.05, 0.1) is 6.61 Å². The fourth-order valence-electron chi connectivity index (χ4n) is 2.55. The number of esters is 1. The van der Waals surface area contributed by atoms with Crippen LogP contribution in [0.3, 0.4) is 0 Å². The number of carbonyl (C=O) groups is 2. The quantitative estimate of drug-likeness (QED) is 0.532. The minimum atomic E-state index is -2.10. The van der Waals surface area contributed by atoms with Crippen LogP contribution in [0.15, 0.2) is 41.6 Å². The smallest absolute Gasteiger partial charge is 0.412 e. The van der Waals surface area contributed by atoms with Crippen LogP contribution in [0.4, 0.5) is 4.79 Å². The van der Waals surface area contributed by atoms with Gasteiger partial charge in [-0.05, 0) is 44.5 Å². The van der Waals surface area contributed by atoms with Gasteiger partial charge in [-0.2, -0.15) is 0 Å². The molecule has 29 heavy (non-hydrogen) atoms. The Hall–Kier alpha value is -2.12. The maximum absolute atomic E-state index is 12.9. The molecule has 1 aliphatic rings. The summed E-state index contributed by atoms with van der Waals surface area (Å²) in [5.74, 6) is -0.594. The second kappa shape index (κ2) is 8.32. The number of rotatable bonds is 5. The number of hydrogen-bond donors (Lipinski definition) is 1. The molecule has 1 amide bonds. The van der Waals surface area contributed by atoms with E-state index in [1.807, 2.05) is 30.3 Å². The van der Waals surface area contributed by atoms with Crippen LogP contribution in [0, 0.1) is 0 Å². The Bertz CT molecular complexity index is 788. The summed E-state index contributed by atoms with van der Waals surface area (Å²) in [5, 5.41) is 2.54. The van der Waals surface area contributed by atoms with Gasteiger partial charge in [-0.3, -0.25) is 5.32 Å². The molecule has 160 valence electrons. The Kier molecular flexibility index (Phi) is 6.64. The van der Waals surface area contributed by atoms with E-state index in [4.69, 9.17) is 13.9 Å². The predicted octanol–water partition coefficient (Wildman–Crippen LogP) is 5.09. The minimum Gasteiger partial charge on any atom is -0.455 e. The molecule has 0 spiro atoms. The van der Waals surface area contributed by atoms with Crippen LogP contribution >= 0.6 is 0 Å². The van der Waals surface area contributed by atoms with E-state index in [-0.39, 0.29) is 17.3 Å². The summed E-state index contributed by atoms with van der Waals surface area (Å²) >= 11 is 0. The molecule has 0 saturated heterocycles. The van der Waals surface area contributed by atoms with E-state index in [0.29, 0.717) is 5.57 Å². The van der Waals surface area contributed by atoms with Gasteiger partial charge in [0.15, 0.2) is 14.4 Å². The van der Waals surface area contributed by atoms with Gasteiger partial charge in [0.25, 0.3) is 0 Å². The van der Waals surface area contributed by atoms with Crippen LogP contribution in [0.25, 0.3) is 0 Å². The number of nitrogens with one attached hydrogen (secondary N) is 1. The number of amides is 1.